The molecular weight excluding hydrogens is 474 g/mol. The Balaban J connectivity index is 1.55. The number of carbonyl (C=O) groups is 1. The Kier molecular flexibility index (Phi) is 8.11. The molecule has 7 heteroatoms. The lowest BCUT2D eigenvalue weighted by Crippen LogP contribution is -2.45. The van der Waals surface area contributed by atoms with E-state index in [1.807, 2.05) is 74.5 Å². The fourth-order valence-corrected chi connectivity index (χ4v) is 6.59. The zero-order valence-corrected chi connectivity index (χ0v) is 21.6. The molecule has 1 aliphatic rings. The van der Waals surface area contributed by atoms with Crippen molar-refractivity contribution in [2.75, 3.05) is 6.61 Å². The van der Waals surface area contributed by atoms with Crippen LogP contribution in [0.5, 0.6) is 0 Å². The molecule has 0 aliphatic carbocycles. The van der Waals surface area contributed by atoms with Crippen LogP contribution in [0.2, 0.25) is 0 Å². The van der Waals surface area contributed by atoms with Gasteiger partial charge in [-0.05, 0) is 56.4 Å². The van der Waals surface area contributed by atoms with Gasteiger partial charge in [-0.3, -0.25) is 4.90 Å². The number of rotatable bonds is 11. The number of cyclic esters (lactones) is 1. The Labute approximate surface area is 213 Å². The van der Waals surface area contributed by atoms with E-state index in [1.165, 1.54) is 4.90 Å². The van der Waals surface area contributed by atoms with Gasteiger partial charge in [-0.1, -0.05) is 78.9 Å². The second-order valence-electron chi connectivity index (χ2n) is 9.54. The third-order valence-electron chi connectivity index (χ3n) is 6.45. The molecule has 0 bridgehead atoms. The second kappa shape index (κ2) is 11.3. The van der Waals surface area contributed by atoms with Crippen molar-refractivity contribution in [1.82, 2.24) is 4.90 Å². The molecule has 3 aromatic carbocycles. The number of carbonyl (C=O) groups excluding carboxylic acids is 1. The molecule has 1 aliphatic heterocycles. The number of hydrogen-bond acceptors (Lipinski definition) is 5. The number of unbranched alkanes of at least 4 members (excludes halogenated alkanes) is 1. The van der Waals surface area contributed by atoms with Gasteiger partial charge in [0.05, 0.1) is 11.5 Å². The van der Waals surface area contributed by atoms with Crippen LogP contribution in [0, 0.1) is 0 Å². The van der Waals surface area contributed by atoms with E-state index in [9.17, 15) is 13.2 Å². The maximum absolute atomic E-state index is 13.9. The minimum Gasteiger partial charge on any atom is -0.441 e. The van der Waals surface area contributed by atoms with Gasteiger partial charge in [-0.25, -0.2) is 13.2 Å². The van der Waals surface area contributed by atoms with E-state index in [0.29, 0.717) is 26.1 Å². The molecule has 0 saturated carbocycles. The van der Waals surface area contributed by atoms with Gasteiger partial charge in [0.25, 0.3) is 0 Å². The van der Waals surface area contributed by atoms with Crippen molar-refractivity contribution in [3.05, 3.63) is 102 Å². The predicted octanol–water partition coefficient (Wildman–Crippen LogP) is 6.15. The molecule has 0 aromatic heterocycles. The van der Waals surface area contributed by atoms with Gasteiger partial charge < -0.3 is 9.47 Å². The van der Waals surface area contributed by atoms with E-state index in [4.69, 9.17) is 9.47 Å². The van der Waals surface area contributed by atoms with Crippen molar-refractivity contribution in [3.8, 4) is 0 Å². The normalized spacial score (nSPS) is 18.1. The molecule has 190 valence electrons. The second-order valence-corrected chi connectivity index (χ2v) is 11.6. The lowest BCUT2D eigenvalue weighted by Gasteiger charge is -2.34. The highest BCUT2D eigenvalue weighted by Crippen LogP contribution is 2.44. The largest absolute Gasteiger partial charge is 0.441 e. The topological polar surface area (TPSA) is 72.9 Å². The molecular formula is C29H33NO5S. The lowest BCUT2D eigenvalue weighted by molar-refractivity contribution is 0.0673. The van der Waals surface area contributed by atoms with E-state index in [2.05, 4.69) is 0 Å². The van der Waals surface area contributed by atoms with Crippen LogP contribution in [-0.4, -0.2) is 37.0 Å². The summed E-state index contributed by atoms with van der Waals surface area (Å²) in [5, 5.41) is -1.06. The summed E-state index contributed by atoms with van der Waals surface area (Å²) in [4.78, 5) is 14.8. The van der Waals surface area contributed by atoms with E-state index in [1.54, 1.807) is 30.3 Å². The predicted molar refractivity (Wildman–Crippen MR) is 139 cm³/mol. The smallest absolute Gasteiger partial charge is 0.412 e. The van der Waals surface area contributed by atoms with Gasteiger partial charge in [0.1, 0.15) is 17.0 Å². The van der Waals surface area contributed by atoms with Crippen LogP contribution >= 0.6 is 0 Å². The fraction of sp³-hybridized carbons (Fsp3) is 0.345. The monoisotopic (exact) mass is 507 g/mol. The summed E-state index contributed by atoms with van der Waals surface area (Å²) in [6.45, 7) is 4.67. The Morgan fingerprint density at radius 1 is 0.889 bits per heavy atom. The summed E-state index contributed by atoms with van der Waals surface area (Å²) in [7, 11) is -3.86. The summed E-state index contributed by atoms with van der Waals surface area (Å²) in [5.74, 6) is 0. The van der Waals surface area contributed by atoms with Gasteiger partial charge in [0, 0.05) is 6.61 Å². The van der Waals surface area contributed by atoms with E-state index in [0.717, 1.165) is 11.1 Å². The van der Waals surface area contributed by atoms with E-state index in [-0.39, 0.29) is 11.3 Å². The number of benzene rings is 3. The number of sulfone groups is 1. The van der Waals surface area contributed by atoms with Crippen LogP contribution < -0.4 is 0 Å². The van der Waals surface area contributed by atoms with E-state index < -0.39 is 32.9 Å². The molecule has 0 radical (unpaired) electrons. The summed E-state index contributed by atoms with van der Waals surface area (Å²) in [6, 6.07) is 27.2. The molecule has 0 N–H and O–H groups in total. The molecule has 1 amide bonds. The van der Waals surface area contributed by atoms with Crippen LogP contribution in [0.4, 0.5) is 4.79 Å². The molecule has 36 heavy (non-hydrogen) atoms. The molecule has 1 saturated heterocycles. The zero-order valence-electron chi connectivity index (χ0n) is 20.7. The van der Waals surface area contributed by atoms with Crippen LogP contribution in [0.25, 0.3) is 0 Å². The third-order valence-corrected chi connectivity index (χ3v) is 8.56. The summed E-state index contributed by atoms with van der Waals surface area (Å²) >= 11 is 0. The molecule has 2 atom stereocenters. The van der Waals surface area contributed by atoms with Crippen molar-refractivity contribution in [3.63, 3.8) is 0 Å². The molecule has 1 unspecified atom stereocenters. The molecule has 0 spiro atoms. The molecule has 3 aromatic rings. The highest BCUT2D eigenvalue weighted by Gasteiger charge is 2.53. The van der Waals surface area contributed by atoms with Crippen LogP contribution in [-0.2, 0) is 25.9 Å². The van der Waals surface area contributed by atoms with Crippen molar-refractivity contribution in [1.29, 1.82) is 0 Å². The number of hydrogen-bond donors (Lipinski definition) is 0. The first kappa shape index (κ1) is 25.9. The molecule has 1 fully saturated rings. The van der Waals surface area contributed by atoms with Crippen molar-refractivity contribution < 1.29 is 22.7 Å². The Bertz CT molecular complexity index is 1230. The Morgan fingerprint density at radius 2 is 1.47 bits per heavy atom. The summed E-state index contributed by atoms with van der Waals surface area (Å²) in [5.41, 5.74) is 1.05. The van der Waals surface area contributed by atoms with Crippen molar-refractivity contribution in [2.45, 2.75) is 61.6 Å². The van der Waals surface area contributed by atoms with Gasteiger partial charge in [-0.2, -0.15) is 0 Å². The minimum atomic E-state index is -3.86. The maximum Gasteiger partial charge on any atom is 0.412 e. The number of nitrogens with zero attached hydrogens (tertiary/aromatic N) is 1. The standard InChI is InChI=1S/C29H33NO5S/c1-29(2)27(24-16-8-4-9-17-24)30(28(31)35-29)26(36(32,33)25-18-10-5-11-19-25)20-12-13-21-34-22-23-14-6-3-7-15-23/h3-11,14-19,26-27H,12-13,20-22H2,1-2H3/t26?,27-/m1/s1. The average Bonchev–Trinajstić information content (AvgIpc) is 3.12. The highest BCUT2D eigenvalue weighted by molar-refractivity contribution is 7.92. The number of amides is 1. The average molecular weight is 508 g/mol. The first-order valence-corrected chi connectivity index (χ1v) is 13.8. The fourth-order valence-electron chi connectivity index (χ4n) is 4.75. The van der Waals surface area contributed by atoms with Crippen LogP contribution in [0.15, 0.2) is 95.9 Å². The van der Waals surface area contributed by atoms with Crippen LogP contribution in [0.3, 0.4) is 0 Å². The third kappa shape index (κ3) is 5.79. The van der Waals surface area contributed by atoms with Crippen molar-refractivity contribution in [2.24, 2.45) is 0 Å². The first-order chi connectivity index (χ1) is 17.3. The quantitative estimate of drug-likeness (QED) is 0.291. The Morgan fingerprint density at radius 3 is 2.11 bits per heavy atom. The lowest BCUT2D eigenvalue weighted by atomic mass is 9.91. The summed E-state index contributed by atoms with van der Waals surface area (Å²) in [6.07, 6.45) is 0.923. The van der Waals surface area contributed by atoms with Crippen LogP contribution in [0.1, 0.15) is 50.3 Å². The highest BCUT2D eigenvalue weighted by atomic mass is 32.2. The van der Waals surface area contributed by atoms with E-state index >= 15 is 0 Å². The molecule has 4 rings (SSSR count). The molecule has 6 nitrogen and oxygen atoms in total. The van der Waals surface area contributed by atoms with Crippen molar-refractivity contribution >= 4 is 15.9 Å². The van der Waals surface area contributed by atoms with Gasteiger partial charge in [0.2, 0.25) is 0 Å². The van der Waals surface area contributed by atoms with Gasteiger partial charge in [0.15, 0.2) is 9.84 Å². The SMILES string of the molecule is CC1(C)OC(=O)N(C(CCCCOCc2ccccc2)S(=O)(=O)c2ccccc2)[C@@H]1c1ccccc1. The molecule has 1 heterocycles. The summed E-state index contributed by atoms with van der Waals surface area (Å²) < 4.78 is 39.3. The minimum absolute atomic E-state index is 0.194. The van der Waals surface area contributed by atoms with Gasteiger partial charge in [-0.15, -0.1) is 0 Å². The Hall–Kier alpha value is -3.16. The van der Waals surface area contributed by atoms with Gasteiger partial charge >= 0.3 is 6.09 Å². The first-order valence-electron chi connectivity index (χ1n) is 12.3. The maximum atomic E-state index is 13.9. The zero-order chi connectivity index (χ0) is 25.6. The number of ether oxygens (including phenoxy) is 2.